The molecule has 1 aromatic heterocycles. The van der Waals surface area contributed by atoms with E-state index in [0.717, 1.165) is 12.4 Å². The van der Waals surface area contributed by atoms with Crippen LogP contribution in [0.2, 0.25) is 0 Å². The van der Waals surface area contributed by atoms with E-state index in [4.69, 9.17) is 10.5 Å². The van der Waals surface area contributed by atoms with Gasteiger partial charge < -0.3 is 15.4 Å². The lowest BCUT2D eigenvalue weighted by Crippen LogP contribution is -2.38. The van der Waals surface area contributed by atoms with Crippen LogP contribution in [0.4, 0.5) is 5.82 Å². The summed E-state index contributed by atoms with van der Waals surface area (Å²) in [7, 11) is 2.08. The molecule has 0 aliphatic heterocycles. The predicted octanol–water partition coefficient (Wildman–Crippen LogP) is 1.44. The van der Waals surface area contributed by atoms with Crippen LogP contribution in [0.25, 0.3) is 0 Å². The summed E-state index contributed by atoms with van der Waals surface area (Å²) in [5.74, 6) is 2.12. The molecule has 2 rings (SSSR count). The van der Waals surface area contributed by atoms with E-state index in [-0.39, 0.29) is 0 Å². The van der Waals surface area contributed by atoms with Crippen molar-refractivity contribution in [1.82, 2.24) is 9.97 Å². The molecule has 5 nitrogen and oxygen atoms in total. The third kappa shape index (κ3) is 2.72. The van der Waals surface area contributed by atoms with Crippen molar-refractivity contribution in [3.63, 3.8) is 0 Å². The number of nitrogens with zero attached hydrogens (tertiary/aromatic N) is 3. The minimum Gasteiger partial charge on any atom is -0.478 e. The summed E-state index contributed by atoms with van der Waals surface area (Å²) in [6.45, 7) is 3.32. The van der Waals surface area contributed by atoms with Gasteiger partial charge in [0.05, 0.1) is 6.61 Å². The van der Waals surface area contributed by atoms with Gasteiger partial charge >= 0.3 is 0 Å². The van der Waals surface area contributed by atoms with Crippen LogP contribution in [0.5, 0.6) is 5.88 Å². The number of ether oxygens (including phenoxy) is 1. The Morgan fingerprint density at radius 2 is 2.28 bits per heavy atom. The first kappa shape index (κ1) is 13.1. The van der Waals surface area contributed by atoms with Crippen LogP contribution in [0.3, 0.4) is 0 Å². The van der Waals surface area contributed by atoms with Crippen LogP contribution in [0, 0.1) is 5.92 Å². The summed E-state index contributed by atoms with van der Waals surface area (Å²) >= 11 is 0. The zero-order valence-electron chi connectivity index (χ0n) is 11.2. The molecular formula is C13H22N4O. The molecule has 0 spiro atoms. The number of hydrogen-bond donors (Lipinski definition) is 1. The Morgan fingerprint density at radius 1 is 1.44 bits per heavy atom. The number of nitrogens with two attached hydrogens (primary N) is 1. The van der Waals surface area contributed by atoms with Gasteiger partial charge in [-0.2, -0.15) is 0 Å². The van der Waals surface area contributed by atoms with Gasteiger partial charge in [0, 0.05) is 19.2 Å². The smallest absolute Gasteiger partial charge is 0.218 e. The second kappa shape index (κ2) is 6.00. The number of aromatic nitrogens is 2. The summed E-state index contributed by atoms with van der Waals surface area (Å²) < 4.78 is 5.41. The fourth-order valence-corrected chi connectivity index (χ4v) is 2.72. The average Bonchev–Trinajstić information content (AvgIpc) is 2.87. The van der Waals surface area contributed by atoms with E-state index in [2.05, 4.69) is 21.9 Å². The van der Waals surface area contributed by atoms with Crippen LogP contribution in [-0.2, 0) is 0 Å². The number of hydrogen-bond acceptors (Lipinski definition) is 5. The molecule has 0 radical (unpaired) electrons. The van der Waals surface area contributed by atoms with E-state index >= 15 is 0 Å². The van der Waals surface area contributed by atoms with E-state index < -0.39 is 0 Å². The monoisotopic (exact) mass is 250 g/mol. The summed E-state index contributed by atoms with van der Waals surface area (Å²) in [4.78, 5) is 10.6. The molecule has 2 atom stereocenters. The summed E-state index contributed by atoms with van der Waals surface area (Å²) in [6.07, 6.45) is 5.21. The number of anilines is 1. The van der Waals surface area contributed by atoms with Crippen molar-refractivity contribution < 1.29 is 4.74 Å². The summed E-state index contributed by atoms with van der Waals surface area (Å²) in [5.41, 5.74) is 5.83. The van der Waals surface area contributed by atoms with Gasteiger partial charge in [0.1, 0.15) is 12.1 Å². The Bertz CT molecular complexity index is 385. The highest BCUT2D eigenvalue weighted by Gasteiger charge is 2.30. The summed E-state index contributed by atoms with van der Waals surface area (Å²) in [5, 5.41) is 0. The Balaban J connectivity index is 2.12. The van der Waals surface area contributed by atoms with Gasteiger partial charge in [-0.3, -0.25) is 0 Å². The molecule has 5 heteroatoms. The molecule has 1 heterocycles. The van der Waals surface area contributed by atoms with Gasteiger partial charge in [-0.05, 0) is 32.2 Å². The van der Waals surface area contributed by atoms with E-state index in [1.54, 1.807) is 6.33 Å². The first-order valence-electron chi connectivity index (χ1n) is 6.64. The molecule has 0 aromatic carbocycles. The maximum atomic E-state index is 5.83. The normalized spacial score (nSPS) is 23.1. The maximum Gasteiger partial charge on any atom is 0.218 e. The topological polar surface area (TPSA) is 64.3 Å². The molecule has 100 valence electrons. The zero-order chi connectivity index (χ0) is 13.0. The molecular weight excluding hydrogens is 228 g/mol. The first-order chi connectivity index (χ1) is 8.76. The minimum absolute atomic E-state index is 0.486. The standard InChI is InChI=1S/C13H22N4O/c1-3-18-13-7-12(15-9-16-13)17(2)11-6-4-5-10(11)8-14/h7,9-11H,3-6,8,14H2,1-2H3. The molecule has 1 aromatic rings. The molecule has 2 unspecified atom stereocenters. The minimum atomic E-state index is 0.486. The molecule has 0 saturated heterocycles. The van der Waals surface area contributed by atoms with Gasteiger partial charge in [-0.1, -0.05) is 6.42 Å². The number of rotatable bonds is 5. The third-order valence-electron chi connectivity index (χ3n) is 3.70. The van der Waals surface area contributed by atoms with E-state index in [1.807, 2.05) is 13.0 Å². The zero-order valence-corrected chi connectivity index (χ0v) is 11.2. The van der Waals surface area contributed by atoms with Crippen molar-refractivity contribution in [1.29, 1.82) is 0 Å². The lowest BCUT2D eigenvalue weighted by atomic mass is 10.0. The van der Waals surface area contributed by atoms with Crippen molar-refractivity contribution in [3.05, 3.63) is 12.4 Å². The van der Waals surface area contributed by atoms with Crippen LogP contribution >= 0.6 is 0 Å². The Hall–Kier alpha value is -1.36. The molecule has 18 heavy (non-hydrogen) atoms. The molecule has 1 aliphatic carbocycles. The average molecular weight is 250 g/mol. The Morgan fingerprint density at radius 3 is 3.00 bits per heavy atom. The highest BCUT2D eigenvalue weighted by molar-refractivity contribution is 5.41. The SMILES string of the molecule is CCOc1cc(N(C)C2CCCC2CN)ncn1. The highest BCUT2D eigenvalue weighted by Crippen LogP contribution is 2.31. The van der Waals surface area contributed by atoms with E-state index in [9.17, 15) is 0 Å². The highest BCUT2D eigenvalue weighted by atomic mass is 16.5. The van der Waals surface area contributed by atoms with Gasteiger partial charge in [0.25, 0.3) is 0 Å². The van der Waals surface area contributed by atoms with Gasteiger partial charge in [-0.15, -0.1) is 0 Å². The van der Waals surface area contributed by atoms with Crippen molar-refractivity contribution in [2.45, 2.75) is 32.2 Å². The molecule has 0 amide bonds. The van der Waals surface area contributed by atoms with Crippen molar-refractivity contribution in [3.8, 4) is 5.88 Å². The molecule has 1 saturated carbocycles. The van der Waals surface area contributed by atoms with E-state index in [0.29, 0.717) is 24.4 Å². The first-order valence-corrected chi connectivity index (χ1v) is 6.64. The van der Waals surface area contributed by atoms with Crippen molar-refractivity contribution >= 4 is 5.82 Å². The van der Waals surface area contributed by atoms with Crippen LogP contribution < -0.4 is 15.4 Å². The lowest BCUT2D eigenvalue weighted by Gasteiger charge is -2.30. The van der Waals surface area contributed by atoms with Gasteiger partial charge in [0.2, 0.25) is 5.88 Å². The fourth-order valence-electron chi connectivity index (χ4n) is 2.72. The fraction of sp³-hybridized carbons (Fsp3) is 0.692. The second-order valence-corrected chi connectivity index (χ2v) is 4.75. The molecule has 1 aliphatic rings. The van der Waals surface area contributed by atoms with Crippen LogP contribution in [-0.4, -0.2) is 36.2 Å². The van der Waals surface area contributed by atoms with Gasteiger partial charge in [0.15, 0.2) is 0 Å². The van der Waals surface area contributed by atoms with Crippen molar-refractivity contribution in [2.24, 2.45) is 11.7 Å². The quantitative estimate of drug-likeness (QED) is 0.856. The molecule has 0 bridgehead atoms. The Labute approximate surface area is 108 Å². The molecule has 1 fully saturated rings. The molecule has 2 N–H and O–H groups in total. The van der Waals surface area contributed by atoms with Crippen LogP contribution in [0.15, 0.2) is 12.4 Å². The second-order valence-electron chi connectivity index (χ2n) is 4.75. The van der Waals surface area contributed by atoms with E-state index in [1.165, 1.54) is 19.3 Å². The third-order valence-corrected chi connectivity index (χ3v) is 3.70. The van der Waals surface area contributed by atoms with Gasteiger partial charge in [-0.25, -0.2) is 9.97 Å². The van der Waals surface area contributed by atoms with Crippen molar-refractivity contribution in [2.75, 3.05) is 25.1 Å². The maximum absolute atomic E-state index is 5.83. The predicted molar refractivity (Wildman–Crippen MR) is 71.8 cm³/mol. The lowest BCUT2D eigenvalue weighted by molar-refractivity contribution is 0.326. The Kier molecular flexibility index (Phi) is 4.36. The largest absolute Gasteiger partial charge is 0.478 e. The van der Waals surface area contributed by atoms with Crippen LogP contribution in [0.1, 0.15) is 26.2 Å². The summed E-state index contributed by atoms with van der Waals surface area (Å²) in [6, 6.07) is 2.38.